The van der Waals surface area contributed by atoms with Crippen molar-refractivity contribution in [2.75, 3.05) is 11.4 Å². The van der Waals surface area contributed by atoms with Crippen molar-refractivity contribution in [3.05, 3.63) is 84.4 Å². The lowest BCUT2D eigenvalue weighted by atomic mass is 10.0. The summed E-state index contributed by atoms with van der Waals surface area (Å²) in [6, 6.07) is 26.9. The van der Waals surface area contributed by atoms with Crippen LogP contribution in [0.25, 0.3) is 21.5 Å². The van der Waals surface area contributed by atoms with E-state index >= 15 is 0 Å². The van der Waals surface area contributed by atoms with Crippen molar-refractivity contribution in [2.24, 2.45) is 0 Å². The second-order valence-corrected chi connectivity index (χ2v) is 6.30. The molecular formula is C23H21NO. The highest BCUT2D eigenvalue weighted by Crippen LogP contribution is 2.32. The van der Waals surface area contributed by atoms with Crippen LogP contribution in [0, 0.1) is 0 Å². The molecule has 0 bridgehead atoms. The zero-order valence-electron chi connectivity index (χ0n) is 14.3. The van der Waals surface area contributed by atoms with E-state index in [1.54, 1.807) is 6.07 Å². The minimum absolute atomic E-state index is 0.359. The summed E-state index contributed by atoms with van der Waals surface area (Å²) in [5, 5.41) is 15.2. The van der Waals surface area contributed by atoms with Gasteiger partial charge in [0.05, 0.1) is 0 Å². The molecule has 2 heteroatoms. The Kier molecular flexibility index (Phi) is 4.02. The maximum atomic E-state index is 10.5. The molecular weight excluding hydrogens is 306 g/mol. The molecule has 2 nitrogen and oxygen atoms in total. The second-order valence-electron chi connectivity index (χ2n) is 6.30. The van der Waals surface area contributed by atoms with Crippen molar-refractivity contribution in [1.29, 1.82) is 0 Å². The van der Waals surface area contributed by atoms with E-state index in [9.17, 15) is 5.11 Å². The third kappa shape index (κ3) is 2.80. The van der Waals surface area contributed by atoms with E-state index in [-0.39, 0.29) is 0 Å². The molecule has 0 atom stereocenters. The van der Waals surface area contributed by atoms with E-state index in [0.29, 0.717) is 12.3 Å². The molecule has 4 rings (SSSR count). The van der Waals surface area contributed by atoms with Crippen LogP contribution >= 0.6 is 0 Å². The maximum absolute atomic E-state index is 10.5. The number of hydrogen-bond acceptors (Lipinski definition) is 2. The predicted octanol–water partition coefficient (Wildman–Crippen LogP) is 5.73. The van der Waals surface area contributed by atoms with Crippen LogP contribution < -0.4 is 4.90 Å². The van der Waals surface area contributed by atoms with Gasteiger partial charge in [-0.25, -0.2) is 0 Å². The van der Waals surface area contributed by atoms with Crippen molar-refractivity contribution in [3.8, 4) is 5.75 Å². The van der Waals surface area contributed by atoms with E-state index < -0.39 is 0 Å². The smallest absolute Gasteiger partial charge is 0.121 e. The minimum atomic E-state index is 0.359. The fourth-order valence-electron chi connectivity index (χ4n) is 3.53. The molecule has 0 amide bonds. The van der Waals surface area contributed by atoms with Crippen LogP contribution in [0.4, 0.5) is 5.69 Å². The van der Waals surface area contributed by atoms with Gasteiger partial charge in [0.15, 0.2) is 0 Å². The van der Waals surface area contributed by atoms with Crippen molar-refractivity contribution in [2.45, 2.75) is 13.5 Å². The molecule has 0 aliphatic carbocycles. The van der Waals surface area contributed by atoms with Gasteiger partial charge < -0.3 is 10.0 Å². The fraction of sp³-hybridized carbons (Fsp3) is 0.130. The molecule has 0 saturated carbocycles. The van der Waals surface area contributed by atoms with E-state index in [1.165, 1.54) is 16.5 Å². The van der Waals surface area contributed by atoms with Crippen LogP contribution in [-0.4, -0.2) is 11.7 Å². The zero-order chi connectivity index (χ0) is 17.2. The minimum Gasteiger partial charge on any atom is -0.508 e. The van der Waals surface area contributed by atoms with Gasteiger partial charge >= 0.3 is 0 Å². The molecule has 0 heterocycles. The molecule has 0 spiro atoms. The SMILES string of the molecule is CCN(Cc1c(O)ccc2ccccc12)c1cccc2ccccc12. The fourth-order valence-corrected chi connectivity index (χ4v) is 3.53. The number of fused-ring (bicyclic) bond motifs is 2. The Morgan fingerprint density at radius 3 is 2.12 bits per heavy atom. The molecule has 4 aromatic rings. The van der Waals surface area contributed by atoms with Crippen molar-refractivity contribution in [1.82, 2.24) is 0 Å². The summed E-state index contributed by atoms with van der Waals surface area (Å²) in [6.45, 7) is 3.71. The van der Waals surface area contributed by atoms with Gasteiger partial charge in [-0.15, -0.1) is 0 Å². The molecule has 0 unspecified atom stereocenters. The standard InChI is InChI=1S/C23H21NO/c1-2-24(22-13-7-10-17-8-4-6-12-20(17)22)16-21-19-11-5-3-9-18(19)14-15-23(21)25/h3-15,25H,2,16H2,1H3. The molecule has 0 fully saturated rings. The topological polar surface area (TPSA) is 23.5 Å². The van der Waals surface area contributed by atoms with Gasteiger partial charge in [0.25, 0.3) is 0 Å². The number of nitrogens with zero attached hydrogens (tertiary/aromatic N) is 1. The largest absolute Gasteiger partial charge is 0.508 e. The summed E-state index contributed by atoms with van der Waals surface area (Å²) in [7, 11) is 0. The summed E-state index contributed by atoms with van der Waals surface area (Å²) in [5.74, 6) is 0.359. The first-order chi connectivity index (χ1) is 12.3. The molecule has 0 aliphatic rings. The normalized spacial score (nSPS) is 11.1. The third-order valence-corrected chi connectivity index (χ3v) is 4.85. The summed E-state index contributed by atoms with van der Waals surface area (Å²) in [4.78, 5) is 2.32. The first kappa shape index (κ1) is 15.5. The molecule has 1 N–H and O–H groups in total. The Labute approximate surface area is 148 Å². The van der Waals surface area contributed by atoms with E-state index in [0.717, 1.165) is 22.9 Å². The summed E-state index contributed by atoms with van der Waals surface area (Å²) < 4.78 is 0. The lowest BCUT2D eigenvalue weighted by Gasteiger charge is -2.26. The van der Waals surface area contributed by atoms with Gasteiger partial charge in [-0.2, -0.15) is 0 Å². The Morgan fingerprint density at radius 2 is 1.36 bits per heavy atom. The van der Waals surface area contributed by atoms with Crippen LogP contribution in [0.5, 0.6) is 5.75 Å². The first-order valence-electron chi connectivity index (χ1n) is 8.70. The van der Waals surface area contributed by atoms with Crippen LogP contribution in [0.15, 0.2) is 78.9 Å². The Balaban J connectivity index is 1.82. The average Bonchev–Trinajstić information content (AvgIpc) is 2.67. The number of hydrogen-bond donors (Lipinski definition) is 1. The van der Waals surface area contributed by atoms with Crippen LogP contribution in [0.1, 0.15) is 12.5 Å². The number of rotatable bonds is 4. The molecule has 4 aromatic carbocycles. The number of anilines is 1. The van der Waals surface area contributed by atoms with Crippen molar-refractivity contribution in [3.63, 3.8) is 0 Å². The van der Waals surface area contributed by atoms with Gasteiger partial charge in [0.1, 0.15) is 5.75 Å². The lowest BCUT2D eigenvalue weighted by Crippen LogP contribution is -2.22. The predicted molar refractivity (Wildman–Crippen MR) is 106 cm³/mol. The number of phenols is 1. The third-order valence-electron chi connectivity index (χ3n) is 4.85. The number of aromatic hydroxyl groups is 1. The molecule has 0 aliphatic heterocycles. The van der Waals surface area contributed by atoms with Crippen molar-refractivity contribution < 1.29 is 5.11 Å². The Hall–Kier alpha value is -3.00. The number of benzene rings is 4. The second kappa shape index (κ2) is 6.48. The summed E-state index contributed by atoms with van der Waals surface area (Å²) in [6.07, 6.45) is 0. The molecule has 124 valence electrons. The van der Waals surface area contributed by atoms with Crippen LogP contribution in [-0.2, 0) is 6.54 Å². The lowest BCUT2D eigenvalue weighted by molar-refractivity contribution is 0.468. The molecule has 0 aromatic heterocycles. The Bertz CT molecular complexity index is 1030. The van der Waals surface area contributed by atoms with E-state index in [2.05, 4.69) is 66.4 Å². The van der Waals surface area contributed by atoms with Gasteiger partial charge in [0.2, 0.25) is 0 Å². The Morgan fingerprint density at radius 1 is 0.720 bits per heavy atom. The van der Waals surface area contributed by atoms with Gasteiger partial charge in [0, 0.05) is 29.7 Å². The van der Waals surface area contributed by atoms with Gasteiger partial charge in [-0.1, -0.05) is 66.7 Å². The highest BCUT2D eigenvalue weighted by Gasteiger charge is 2.13. The summed E-state index contributed by atoms with van der Waals surface area (Å²) >= 11 is 0. The highest BCUT2D eigenvalue weighted by molar-refractivity contribution is 5.94. The average molecular weight is 327 g/mol. The zero-order valence-corrected chi connectivity index (χ0v) is 14.3. The van der Waals surface area contributed by atoms with Crippen molar-refractivity contribution >= 4 is 27.2 Å². The maximum Gasteiger partial charge on any atom is 0.121 e. The monoisotopic (exact) mass is 327 g/mol. The number of phenolic OH excluding ortho intramolecular Hbond substituents is 1. The summed E-state index contributed by atoms with van der Waals surface area (Å²) in [5.41, 5.74) is 2.18. The van der Waals surface area contributed by atoms with Crippen LogP contribution in [0.3, 0.4) is 0 Å². The highest BCUT2D eigenvalue weighted by atomic mass is 16.3. The molecule has 0 saturated heterocycles. The first-order valence-corrected chi connectivity index (χ1v) is 8.70. The van der Waals surface area contributed by atoms with E-state index in [4.69, 9.17) is 0 Å². The van der Waals surface area contributed by atoms with E-state index in [1.807, 2.05) is 18.2 Å². The van der Waals surface area contributed by atoms with Gasteiger partial charge in [-0.05, 0) is 35.2 Å². The molecule has 0 radical (unpaired) electrons. The van der Waals surface area contributed by atoms with Gasteiger partial charge in [-0.3, -0.25) is 0 Å². The molecule has 25 heavy (non-hydrogen) atoms. The quantitative estimate of drug-likeness (QED) is 0.518. The van der Waals surface area contributed by atoms with Crippen LogP contribution in [0.2, 0.25) is 0 Å².